The highest BCUT2D eigenvalue weighted by molar-refractivity contribution is 9.10. The van der Waals surface area contributed by atoms with Crippen LogP contribution in [0.25, 0.3) is 0 Å². The lowest BCUT2D eigenvalue weighted by atomic mass is 10.2. The first-order valence-electron chi connectivity index (χ1n) is 5.87. The zero-order chi connectivity index (χ0) is 13.2. The summed E-state index contributed by atoms with van der Waals surface area (Å²) in [6.07, 6.45) is 1.27. The summed E-state index contributed by atoms with van der Waals surface area (Å²) in [6, 6.07) is 8.22. The molecule has 0 bridgehead atoms. The van der Waals surface area contributed by atoms with Gasteiger partial charge in [0.25, 0.3) is 0 Å². The Labute approximate surface area is 117 Å². The van der Waals surface area contributed by atoms with E-state index in [1.165, 1.54) is 11.8 Å². The van der Waals surface area contributed by atoms with Gasteiger partial charge < -0.3 is 0 Å². The maximum absolute atomic E-state index is 11.4. The highest BCUT2D eigenvalue weighted by Crippen LogP contribution is 2.15. The number of nitrogens with zero attached hydrogens (tertiary/aromatic N) is 2. The molecule has 0 saturated carbocycles. The molecule has 0 aromatic heterocycles. The molecule has 0 N–H and O–H groups in total. The summed E-state index contributed by atoms with van der Waals surface area (Å²) in [6.45, 7) is 3.63. The first-order chi connectivity index (χ1) is 8.45. The first kappa shape index (κ1) is 14.0. The van der Waals surface area contributed by atoms with Crippen LogP contribution in [0.1, 0.15) is 5.56 Å². The molecule has 1 aromatic carbocycles. The second-order valence-electron chi connectivity index (χ2n) is 4.57. The van der Waals surface area contributed by atoms with Crippen LogP contribution in [0.15, 0.2) is 28.7 Å². The Morgan fingerprint density at radius 3 is 2.44 bits per heavy atom. The first-order valence-corrected chi connectivity index (χ1v) is 8.51. The summed E-state index contributed by atoms with van der Waals surface area (Å²) in [4.78, 5) is 2.28. The van der Waals surface area contributed by atoms with Crippen molar-refractivity contribution in [2.75, 3.05) is 32.4 Å². The van der Waals surface area contributed by atoms with E-state index in [0.29, 0.717) is 13.1 Å². The maximum Gasteiger partial charge on any atom is 0.211 e. The second-order valence-corrected chi connectivity index (χ2v) is 7.47. The molecule has 100 valence electrons. The number of piperazine rings is 1. The van der Waals surface area contributed by atoms with E-state index in [1.54, 1.807) is 4.31 Å². The minimum Gasteiger partial charge on any atom is -0.296 e. The quantitative estimate of drug-likeness (QED) is 0.842. The van der Waals surface area contributed by atoms with E-state index in [9.17, 15) is 8.42 Å². The molecule has 18 heavy (non-hydrogen) atoms. The van der Waals surface area contributed by atoms with Crippen molar-refractivity contribution in [1.29, 1.82) is 0 Å². The van der Waals surface area contributed by atoms with Crippen LogP contribution in [0.2, 0.25) is 0 Å². The van der Waals surface area contributed by atoms with Gasteiger partial charge in [-0.15, -0.1) is 0 Å². The Bertz CT molecular complexity index is 511. The van der Waals surface area contributed by atoms with Gasteiger partial charge in [-0.3, -0.25) is 4.90 Å². The van der Waals surface area contributed by atoms with Crippen molar-refractivity contribution in [3.63, 3.8) is 0 Å². The highest BCUT2D eigenvalue weighted by Gasteiger charge is 2.23. The fourth-order valence-corrected chi connectivity index (χ4v) is 3.39. The molecule has 1 fully saturated rings. The van der Waals surface area contributed by atoms with Crippen LogP contribution in [0.4, 0.5) is 0 Å². The van der Waals surface area contributed by atoms with E-state index < -0.39 is 10.0 Å². The van der Waals surface area contributed by atoms with E-state index in [1.807, 2.05) is 12.1 Å². The van der Waals surface area contributed by atoms with E-state index >= 15 is 0 Å². The number of sulfonamides is 1. The third kappa shape index (κ3) is 3.78. The molecule has 4 nitrogen and oxygen atoms in total. The largest absolute Gasteiger partial charge is 0.296 e. The van der Waals surface area contributed by atoms with Crippen molar-refractivity contribution >= 4 is 26.0 Å². The normalized spacial score (nSPS) is 19.0. The fraction of sp³-hybridized carbons (Fsp3) is 0.500. The Morgan fingerprint density at radius 2 is 1.89 bits per heavy atom. The van der Waals surface area contributed by atoms with Gasteiger partial charge in [0.2, 0.25) is 10.0 Å². The zero-order valence-electron chi connectivity index (χ0n) is 10.3. The van der Waals surface area contributed by atoms with E-state index in [-0.39, 0.29) is 0 Å². The Hall–Kier alpha value is -0.430. The smallest absolute Gasteiger partial charge is 0.211 e. The molecular weight excluding hydrogens is 316 g/mol. The third-order valence-electron chi connectivity index (χ3n) is 3.10. The topological polar surface area (TPSA) is 40.6 Å². The van der Waals surface area contributed by atoms with Crippen LogP contribution in [-0.2, 0) is 16.6 Å². The Morgan fingerprint density at radius 1 is 1.22 bits per heavy atom. The number of hydrogen-bond acceptors (Lipinski definition) is 3. The summed E-state index contributed by atoms with van der Waals surface area (Å²) in [5.74, 6) is 0. The van der Waals surface area contributed by atoms with E-state index in [2.05, 4.69) is 33.0 Å². The monoisotopic (exact) mass is 332 g/mol. The lowest BCUT2D eigenvalue weighted by Gasteiger charge is -2.33. The highest BCUT2D eigenvalue weighted by atomic mass is 79.9. The van der Waals surface area contributed by atoms with E-state index in [0.717, 1.165) is 24.1 Å². The predicted octanol–water partition coefficient (Wildman–Crippen LogP) is 1.53. The molecular formula is C12H17BrN2O2S. The van der Waals surface area contributed by atoms with Gasteiger partial charge in [0, 0.05) is 37.2 Å². The van der Waals surface area contributed by atoms with Gasteiger partial charge in [0.1, 0.15) is 0 Å². The van der Waals surface area contributed by atoms with Crippen LogP contribution < -0.4 is 0 Å². The zero-order valence-corrected chi connectivity index (χ0v) is 12.7. The second kappa shape index (κ2) is 5.69. The molecule has 0 atom stereocenters. The van der Waals surface area contributed by atoms with Gasteiger partial charge in [-0.2, -0.15) is 4.31 Å². The molecule has 0 aliphatic carbocycles. The van der Waals surface area contributed by atoms with Gasteiger partial charge in [-0.05, 0) is 17.7 Å². The summed E-state index contributed by atoms with van der Waals surface area (Å²) < 4.78 is 25.4. The van der Waals surface area contributed by atoms with Gasteiger partial charge in [-0.25, -0.2) is 8.42 Å². The number of hydrogen-bond donors (Lipinski definition) is 0. The summed E-state index contributed by atoms with van der Waals surface area (Å²) in [7, 11) is -3.03. The van der Waals surface area contributed by atoms with Crippen molar-refractivity contribution in [2.24, 2.45) is 0 Å². The molecule has 6 heteroatoms. The minimum atomic E-state index is -3.03. The molecule has 0 radical (unpaired) electrons. The molecule has 2 rings (SSSR count). The van der Waals surface area contributed by atoms with Gasteiger partial charge in [-0.1, -0.05) is 28.1 Å². The number of benzene rings is 1. The maximum atomic E-state index is 11.4. The molecule has 0 unspecified atom stereocenters. The lowest BCUT2D eigenvalue weighted by Crippen LogP contribution is -2.47. The van der Waals surface area contributed by atoms with Crippen molar-refractivity contribution in [3.05, 3.63) is 34.3 Å². The number of halogens is 1. The van der Waals surface area contributed by atoms with Crippen LogP contribution >= 0.6 is 15.9 Å². The Balaban J connectivity index is 1.91. The van der Waals surface area contributed by atoms with Crippen molar-refractivity contribution < 1.29 is 8.42 Å². The fourth-order valence-electron chi connectivity index (χ4n) is 2.11. The number of rotatable bonds is 3. The van der Waals surface area contributed by atoms with Crippen LogP contribution in [0.5, 0.6) is 0 Å². The minimum absolute atomic E-state index is 0.590. The third-order valence-corrected chi connectivity index (χ3v) is 4.89. The van der Waals surface area contributed by atoms with Gasteiger partial charge in [0.15, 0.2) is 0 Å². The van der Waals surface area contributed by atoms with Crippen LogP contribution in [0, 0.1) is 0 Å². The summed E-state index contributed by atoms with van der Waals surface area (Å²) >= 11 is 3.46. The predicted molar refractivity (Wildman–Crippen MR) is 75.8 cm³/mol. The lowest BCUT2D eigenvalue weighted by molar-refractivity contribution is 0.182. The van der Waals surface area contributed by atoms with Crippen molar-refractivity contribution in [3.8, 4) is 0 Å². The van der Waals surface area contributed by atoms with Crippen molar-refractivity contribution in [1.82, 2.24) is 9.21 Å². The molecule has 1 aromatic rings. The molecule has 1 heterocycles. The van der Waals surface area contributed by atoms with Crippen LogP contribution in [0.3, 0.4) is 0 Å². The van der Waals surface area contributed by atoms with Crippen molar-refractivity contribution in [2.45, 2.75) is 6.54 Å². The SMILES string of the molecule is CS(=O)(=O)N1CCN(Cc2cccc(Br)c2)CC1. The standard InChI is InChI=1S/C12H17BrN2O2S/c1-18(16,17)15-7-5-14(6-8-15)10-11-3-2-4-12(13)9-11/h2-4,9H,5-8,10H2,1H3. The molecule has 1 saturated heterocycles. The van der Waals surface area contributed by atoms with E-state index in [4.69, 9.17) is 0 Å². The molecule has 1 aliphatic rings. The molecule has 0 spiro atoms. The average Bonchev–Trinajstić information content (AvgIpc) is 2.28. The molecule has 0 amide bonds. The summed E-state index contributed by atoms with van der Waals surface area (Å²) in [5.41, 5.74) is 1.25. The molecule has 1 aliphatic heterocycles. The average molecular weight is 333 g/mol. The van der Waals surface area contributed by atoms with Gasteiger partial charge in [0.05, 0.1) is 6.26 Å². The Kier molecular flexibility index (Phi) is 4.42. The van der Waals surface area contributed by atoms with Gasteiger partial charge >= 0.3 is 0 Å². The summed E-state index contributed by atoms with van der Waals surface area (Å²) in [5, 5.41) is 0. The van der Waals surface area contributed by atoms with Crippen LogP contribution in [-0.4, -0.2) is 50.1 Å².